The van der Waals surface area contributed by atoms with Crippen LogP contribution in [0.3, 0.4) is 0 Å². The van der Waals surface area contributed by atoms with Crippen molar-refractivity contribution in [2.75, 3.05) is 5.32 Å². The highest BCUT2D eigenvalue weighted by atomic mass is 16.3. The lowest BCUT2D eigenvalue weighted by atomic mass is 9.95. The number of aryl methyl sites for hydroxylation is 2. The molecule has 33 heavy (non-hydrogen) atoms. The Morgan fingerprint density at radius 2 is 1.67 bits per heavy atom. The average molecular weight is 437 g/mol. The molecular formula is C28H24N2O3. The third kappa shape index (κ3) is 3.28. The van der Waals surface area contributed by atoms with Crippen LogP contribution in [0.2, 0.25) is 0 Å². The molecular weight excluding hydrogens is 412 g/mol. The molecule has 5 heteroatoms. The predicted molar refractivity (Wildman–Crippen MR) is 134 cm³/mol. The average Bonchev–Trinajstić information content (AvgIpc) is 2.80. The Hall–Kier alpha value is -3.99. The normalized spacial score (nSPS) is 12.6. The zero-order valence-electron chi connectivity index (χ0n) is 18.8. The quantitative estimate of drug-likeness (QED) is 0.422. The number of benzene rings is 3. The van der Waals surface area contributed by atoms with Gasteiger partial charge in [-0.05, 0) is 49.4 Å². The van der Waals surface area contributed by atoms with Crippen LogP contribution >= 0.6 is 0 Å². The van der Waals surface area contributed by atoms with Gasteiger partial charge in [0.1, 0.15) is 5.76 Å². The van der Waals surface area contributed by atoms with Crippen LogP contribution in [0.15, 0.2) is 64.2 Å². The lowest BCUT2D eigenvalue weighted by Crippen LogP contribution is -2.33. The van der Waals surface area contributed by atoms with E-state index >= 15 is 0 Å². The number of fused-ring (bicyclic) bond motifs is 2. The summed E-state index contributed by atoms with van der Waals surface area (Å²) < 4.78 is 0. The van der Waals surface area contributed by atoms with Gasteiger partial charge in [0.2, 0.25) is 0 Å². The Morgan fingerprint density at radius 1 is 0.970 bits per heavy atom. The molecule has 0 bridgehead atoms. The van der Waals surface area contributed by atoms with Crippen molar-refractivity contribution in [3.63, 3.8) is 0 Å². The predicted octanol–water partition coefficient (Wildman–Crippen LogP) is 4.82. The van der Waals surface area contributed by atoms with Gasteiger partial charge in [-0.3, -0.25) is 9.59 Å². The molecule has 0 unspecified atom stereocenters. The second kappa shape index (κ2) is 7.85. The number of aliphatic hydroxyl groups excluding tert-OH is 1. The molecule has 3 aromatic carbocycles. The Labute approximate surface area is 190 Å². The molecule has 0 fully saturated rings. The van der Waals surface area contributed by atoms with Gasteiger partial charge >= 0.3 is 0 Å². The Kier molecular flexibility index (Phi) is 4.97. The first kappa shape index (κ1) is 20.9. The van der Waals surface area contributed by atoms with Crippen LogP contribution in [-0.2, 0) is 0 Å². The van der Waals surface area contributed by atoms with Gasteiger partial charge in [0.05, 0.1) is 21.8 Å². The van der Waals surface area contributed by atoms with E-state index in [0.29, 0.717) is 50.6 Å². The van der Waals surface area contributed by atoms with Gasteiger partial charge in [0.25, 0.3) is 5.56 Å². The minimum Gasteiger partial charge on any atom is -0.511 e. The van der Waals surface area contributed by atoms with Crippen molar-refractivity contribution in [3.05, 3.63) is 102 Å². The Morgan fingerprint density at radius 3 is 2.36 bits per heavy atom. The van der Waals surface area contributed by atoms with E-state index in [2.05, 4.69) is 10.3 Å². The highest BCUT2D eigenvalue weighted by Gasteiger charge is 2.19. The van der Waals surface area contributed by atoms with Gasteiger partial charge in [-0.1, -0.05) is 48.9 Å². The largest absolute Gasteiger partial charge is 0.511 e. The molecule has 1 aliphatic carbocycles. The monoisotopic (exact) mass is 436 g/mol. The first-order chi connectivity index (χ1) is 15.9. The molecule has 3 aromatic rings. The smallest absolute Gasteiger partial charge is 0.281 e. The highest BCUT2D eigenvalue weighted by molar-refractivity contribution is 5.96. The van der Waals surface area contributed by atoms with Crippen molar-refractivity contribution >= 4 is 38.8 Å². The van der Waals surface area contributed by atoms with E-state index in [1.54, 1.807) is 6.07 Å². The summed E-state index contributed by atoms with van der Waals surface area (Å²) in [4.78, 5) is 31.2. The summed E-state index contributed by atoms with van der Waals surface area (Å²) in [5.74, 6) is 0.0107. The number of aromatic nitrogens is 1. The molecule has 0 spiro atoms. The molecule has 0 atom stereocenters. The molecule has 2 aliphatic rings. The molecule has 0 aromatic heterocycles. The summed E-state index contributed by atoms with van der Waals surface area (Å²) in [7, 11) is 0. The number of rotatable bonds is 4. The van der Waals surface area contributed by atoms with Gasteiger partial charge < -0.3 is 10.4 Å². The van der Waals surface area contributed by atoms with Crippen LogP contribution in [-0.4, -0.2) is 10.1 Å². The lowest BCUT2D eigenvalue weighted by Gasteiger charge is -2.14. The van der Waals surface area contributed by atoms with E-state index in [9.17, 15) is 14.7 Å². The van der Waals surface area contributed by atoms with E-state index in [-0.39, 0.29) is 16.4 Å². The molecule has 5 nitrogen and oxygen atoms in total. The molecule has 1 aliphatic heterocycles. The number of nitrogens with zero attached hydrogens (tertiary/aromatic N) is 1. The number of nitrogens with one attached hydrogen (secondary N) is 1. The van der Waals surface area contributed by atoms with Crippen molar-refractivity contribution in [1.29, 1.82) is 0 Å². The van der Waals surface area contributed by atoms with E-state index in [1.807, 2.05) is 69.3 Å². The minimum atomic E-state index is -0.471. The molecule has 2 N–H and O–H groups in total. The van der Waals surface area contributed by atoms with Crippen LogP contribution in [0, 0.1) is 24.3 Å². The summed E-state index contributed by atoms with van der Waals surface area (Å²) in [5, 5.41) is 17.3. The Bertz CT molecular complexity index is 1760. The maximum absolute atomic E-state index is 13.7. The number of hydrogen-bond donors (Lipinski definition) is 2. The number of anilines is 2. The Balaban J connectivity index is 2.08. The lowest BCUT2D eigenvalue weighted by molar-refractivity contribution is 0.475. The topological polar surface area (TPSA) is 79.3 Å². The first-order valence-corrected chi connectivity index (χ1v) is 11.1. The van der Waals surface area contributed by atoms with Crippen molar-refractivity contribution in [2.24, 2.45) is 0 Å². The van der Waals surface area contributed by atoms with Crippen LogP contribution in [0.5, 0.6) is 0 Å². The van der Waals surface area contributed by atoms with E-state index in [1.165, 1.54) is 0 Å². The van der Waals surface area contributed by atoms with Crippen LogP contribution in [0.1, 0.15) is 30.9 Å². The molecule has 5 rings (SSSR count). The third-order valence-electron chi connectivity index (χ3n) is 6.19. The van der Waals surface area contributed by atoms with E-state index in [0.717, 1.165) is 16.8 Å². The summed E-state index contributed by atoms with van der Waals surface area (Å²) >= 11 is 0. The molecule has 0 saturated carbocycles. The van der Waals surface area contributed by atoms with Crippen molar-refractivity contribution in [2.45, 2.75) is 33.6 Å². The van der Waals surface area contributed by atoms with Gasteiger partial charge in [0, 0.05) is 27.9 Å². The second-order valence-corrected chi connectivity index (χ2v) is 8.57. The van der Waals surface area contributed by atoms with Gasteiger partial charge in [-0.25, -0.2) is 4.98 Å². The zero-order valence-corrected chi connectivity index (χ0v) is 18.8. The van der Waals surface area contributed by atoms with Crippen LogP contribution in [0.4, 0.5) is 11.4 Å². The van der Waals surface area contributed by atoms with Crippen molar-refractivity contribution in [1.82, 2.24) is 4.98 Å². The molecule has 0 radical (unpaired) electrons. The molecule has 0 amide bonds. The van der Waals surface area contributed by atoms with E-state index < -0.39 is 5.56 Å². The summed E-state index contributed by atoms with van der Waals surface area (Å²) in [6.07, 6.45) is 1.05. The zero-order chi connectivity index (χ0) is 23.3. The summed E-state index contributed by atoms with van der Waals surface area (Å²) in [6.45, 7) is 5.85. The summed E-state index contributed by atoms with van der Waals surface area (Å²) in [6, 6.07) is 17.1. The maximum atomic E-state index is 13.7. The minimum absolute atomic E-state index is 0.0107. The number of hydrogen-bond acceptors (Lipinski definition) is 5. The summed E-state index contributed by atoms with van der Waals surface area (Å²) in [5.41, 5.74) is 3.34. The van der Waals surface area contributed by atoms with Crippen LogP contribution in [0.25, 0.3) is 27.4 Å². The molecule has 164 valence electrons. The molecule has 1 heterocycles. The van der Waals surface area contributed by atoms with Crippen molar-refractivity contribution < 1.29 is 5.11 Å². The van der Waals surface area contributed by atoms with Crippen LogP contribution < -0.4 is 21.5 Å². The maximum Gasteiger partial charge on any atom is 0.281 e. The molecule has 0 saturated heterocycles. The fourth-order valence-corrected chi connectivity index (χ4v) is 4.64. The fourth-order valence-electron chi connectivity index (χ4n) is 4.64. The standard InChI is InChI=1S/C28H24N2O3/c1-4-7-21(31)24-22-18-8-5-6-9-19(18)27(32)23-20(29-17-12-10-15(2)11-13-17)14-16(3)26(25(22)23)30-28(24)33/h5-6,8-14,29,31H,4,7H2,1-3H3. The first-order valence-electron chi connectivity index (χ1n) is 11.1. The van der Waals surface area contributed by atoms with Crippen molar-refractivity contribution in [3.8, 4) is 0 Å². The SMILES string of the molecule is CCCC(O)=c1c(=O)nc2c(C)cc(Nc3ccc(C)cc3)c3c2=c1c1ccccc1c3=O. The number of aliphatic hydroxyl groups is 1. The third-order valence-corrected chi connectivity index (χ3v) is 6.19. The second-order valence-electron chi connectivity index (χ2n) is 8.57. The van der Waals surface area contributed by atoms with E-state index in [4.69, 9.17) is 0 Å². The highest BCUT2D eigenvalue weighted by Crippen LogP contribution is 2.29. The van der Waals surface area contributed by atoms with Gasteiger partial charge in [-0.2, -0.15) is 0 Å². The fraction of sp³-hybridized carbons (Fsp3) is 0.179. The van der Waals surface area contributed by atoms with Gasteiger partial charge in [-0.15, -0.1) is 0 Å². The van der Waals surface area contributed by atoms with Gasteiger partial charge in [0.15, 0.2) is 5.43 Å².